The molecule has 2 aromatic heterocycles. The van der Waals surface area contributed by atoms with Crippen molar-refractivity contribution in [1.29, 1.82) is 0 Å². The fraction of sp³-hybridized carbons (Fsp3) is 0.250. The van der Waals surface area contributed by atoms with E-state index in [9.17, 15) is 9.59 Å². The Morgan fingerprint density at radius 3 is 1.73 bits per heavy atom. The van der Waals surface area contributed by atoms with Crippen LogP contribution in [0.5, 0.6) is 0 Å². The van der Waals surface area contributed by atoms with E-state index in [1.54, 1.807) is 0 Å². The summed E-state index contributed by atoms with van der Waals surface area (Å²) < 4.78 is 12.8. The standard InChI is InChI=1S/C32H27NO4/c1-3-5-10-18(4-2)17-33-31(34)23-15-21-22(16-24(23)32(33)35)30-28(20-12-7-9-14-26(20)37-30)27-19-11-6-8-13-25(19)36-29(21)27/h6-9,11-16,18H,3-5,10,17H2,1-2H3. The highest BCUT2D eigenvalue weighted by Gasteiger charge is 2.37. The number of furan rings is 2. The van der Waals surface area contributed by atoms with Gasteiger partial charge in [-0.15, -0.1) is 0 Å². The third-order valence-electron chi connectivity index (χ3n) is 8.02. The smallest absolute Gasteiger partial charge is 0.261 e. The monoisotopic (exact) mass is 489 g/mol. The van der Waals surface area contributed by atoms with Crippen LogP contribution in [0, 0.1) is 5.92 Å². The van der Waals surface area contributed by atoms with Gasteiger partial charge in [-0.25, -0.2) is 0 Å². The first kappa shape index (κ1) is 22.1. The van der Waals surface area contributed by atoms with E-state index >= 15 is 0 Å². The lowest BCUT2D eigenvalue weighted by Gasteiger charge is -2.21. The molecule has 0 spiro atoms. The molecule has 184 valence electrons. The number of nitrogens with zero attached hydrogens (tertiary/aromatic N) is 1. The molecule has 5 nitrogen and oxygen atoms in total. The van der Waals surface area contributed by atoms with Crippen LogP contribution in [0.3, 0.4) is 0 Å². The van der Waals surface area contributed by atoms with Gasteiger partial charge in [0.25, 0.3) is 11.8 Å². The summed E-state index contributed by atoms with van der Waals surface area (Å²) in [5.41, 5.74) is 3.88. The van der Waals surface area contributed by atoms with Crippen molar-refractivity contribution in [1.82, 2.24) is 4.90 Å². The van der Waals surface area contributed by atoms with Crippen LogP contribution < -0.4 is 0 Å². The quantitative estimate of drug-likeness (QED) is 0.220. The number of para-hydroxylation sites is 2. The summed E-state index contributed by atoms with van der Waals surface area (Å²) >= 11 is 0. The number of imide groups is 1. The first-order chi connectivity index (χ1) is 18.1. The van der Waals surface area contributed by atoms with Gasteiger partial charge in [-0.3, -0.25) is 14.5 Å². The Kier molecular flexibility index (Phi) is 4.90. The van der Waals surface area contributed by atoms with Crippen LogP contribution in [0.25, 0.3) is 54.6 Å². The summed E-state index contributed by atoms with van der Waals surface area (Å²) in [6, 6.07) is 19.6. The molecule has 2 amide bonds. The molecule has 6 aromatic rings. The van der Waals surface area contributed by atoms with Gasteiger partial charge in [-0.1, -0.05) is 69.5 Å². The predicted molar refractivity (Wildman–Crippen MR) is 147 cm³/mol. The molecule has 0 saturated carbocycles. The number of rotatable bonds is 6. The Hall–Kier alpha value is -4.12. The average Bonchev–Trinajstić information content (AvgIpc) is 3.57. The van der Waals surface area contributed by atoms with E-state index in [0.717, 1.165) is 69.2 Å². The maximum atomic E-state index is 13.5. The topological polar surface area (TPSA) is 63.7 Å². The minimum Gasteiger partial charge on any atom is -0.455 e. The maximum absolute atomic E-state index is 13.5. The van der Waals surface area contributed by atoms with Crippen molar-refractivity contribution in [2.24, 2.45) is 5.92 Å². The van der Waals surface area contributed by atoms with Gasteiger partial charge < -0.3 is 8.83 Å². The zero-order chi connectivity index (χ0) is 25.3. The number of amides is 2. The van der Waals surface area contributed by atoms with Crippen LogP contribution in [0.1, 0.15) is 60.2 Å². The van der Waals surface area contributed by atoms with E-state index in [1.807, 2.05) is 48.5 Å². The van der Waals surface area contributed by atoms with Gasteiger partial charge in [0.1, 0.15) is 22.3 Å². The summed E-state index contributed by atoms with van der Waals surface area (Å²) in [5.74, 6) is -0.127. The minimum absolute atomic E-state index is 0.217. The largest absolute Gasteiger partial charge is 0.455 e. The van der Waals surface area contributed by atoms with Gasteiger partial charge in [0, 0.05) is 38.9 Å². The molecule has 3 heterocycles. The number of carbonyl (C=O) groups is 2. The molecular formula is C32H27NO4. The van der Waals surface area contributed by atoms with Gasteiger partial charge in [0.05, 0.1) is 11.1 Å². The summed E-state index contributed by atoms with van der Waals surface area (Å²) in [6.07, 6.45) is 4.15. The van der Waals surface area contributed by atoms with Crippen LogP contribution in [-0.4, -0.2) is 23.3 Å². The lowest BCUT2D eigenvalue weighted by molar-refractivity contribution is 0.0624. The number of fused-ring (bicyclic) bond motifs is 11. The van der Waals surface area contributed by atoms with Crippen LogP contribution in [0.2, 0.25) is 0 Å². The van der Waals surface area contributed by atoms with Crippen LogP contribution >= 0.6 is 0 Å². The van der Waals surface area contributed by atoms with Crippen molar-refractivity contribution >= 4 is 66.5 Å². The van der Waals surface area contributed by atoms with E-state index in [1.165, 1.54) is 4.90 Å². The highest BCUT2D eigenvalue weighted by molar-refractivity contribution is 6.36. The van der Waals surface area contributed by atoms with Crippen molar-refractivity contribution in [3.05, 3.63) is 71.8 Å². The van der Waals surface area contributed by atoms with Gasteiger partial charge in [-0.05, 0) is 36.6 Å². The molecule has 0 fully saturated rings. The molecule has 5 heteroatoms. The zero-order valence-electron chi connectivity index (χ0n) is 21.0. The van der Waals surface area contributed by atoms with E-state index in [-0.39, 0.29) is 11.8 Å². The summed E-state index contributed by atoms with van der Waals surface area (Å²) in [6.45, 7) is 4.75. The molecule has 0 bridgehead atoms. The van der Waals surface area contributed by atoms with E-state index < -0.39 is 0 Å². The molecule has 0 N–H and O–H groups in total. The Morgan fingerprint density at radius 2 is 1.24 bits per heavy atom. The number of unbranched alkanes of at least 4 members (excludes halogenated alkanes) is 1. The Labute approximate surface area is 213 Å². The van der Waals surface area contributed by atoms with E-state index in [2.05, 4.69) is 26.0 Å². The molecule has 7 rings (SSSR count). The molecule has 4 aromatic carbocycles. The first-order valence-electron chi connectivity index (χ1n) is 13.2. The fourth-order valence-corrected chi connectivity index (χ4v) is 6.02. The number of carbonyl (C=O) groups excluding carboxylic acids is 2. The maximum Gasteiger partial charge on any atom is 0.261 e. The fourth-order valence-electron chi connectivity index (χ4n) is 6.02. The van der Waals surface area contributed by atoms with Crippen molar-refractivity contribution in [3.8, 4) is 0 Å². The van der Waals surface area contributed by atoms with E-state index in [4.69, 9.17) is 8.83 Å². The molecule has 1 aliphatic rings. The van der Waals surface area contributed by atoms with Crippen LogP contribution in [0.15, 0.2) is 69.5 Å². The van der Waals surface area contributed by atoms with Crippen molar-refractivity contribution in [2.75, 3.05) is 6.54 Å². The SMILES string of the molecule is CCCCC(CC)CN1C(=O)c2cc3c(cc2C1=O)c1oc2ccccc2c1c1c2ccccc2oc31. The molecule has 0 radical (unpaired) electrons. The van der Waals surface area contributed by atoms with Crippen LogP contribution in [-0.2, 0) is 0 Å². The molecule has 1 atom stereocenters. The van der Waals surface area contributed by atoms with Crippen molar-refractivity contribution in [2.45, 2.75) is 39.5 Å². The number of hydrogen-bond donors (Lipinski definition) is 0. The average molecular weight is 490 g/mol. The van der Waals surface area contributed by atoms with E-state index in [0.29, 0.717) is 34.8 Å². The Bertz CT molecular complexity index is 1760. The minimum atomic E-state index is -0.217. The highest BCUT2D eigenvalue weighted by atomic mass is 16.3. The van der Waals surface area contributed by atoms with Gasteiger partial charge in [0.15, 0.2) is 0 Å². The first-order valence-corrected chi connectivity index (χ1v) is 13.2. The number of hydrogen-bond acceptors (Lipinski definition) is 4. The van der Waals surface area contributed by atoms with Gasteiger partial charge in [0.2, 0.25) is 0 Å². The lowest BCUT2D eigenvalue weighted by atomic mass is 9.96. The summed E-state index contributed by atoms with van der Waals surface area (Å²) in [7, 11) is 0. The highest BCUT2D eigenvalue weighted by Crippen LogP contribution is 2.46. The Morgan fingerprint density at radius 1 is 0.730 bits per heavy atom. The molecule has 1 unspecified atom stereocenters. The molecule has 0 aliphatic carbocycles. The van der Waals surface area contributed by atoms with Crippen molar-refractivity contribution < 1.29 is 18.4 Å². The lowest BCUT2D eigenvalue weighted by Crippen LogP contribution is -2.34. The Balaban J connectivity index is 1.51. The van der Waals surface area contributed by atoms with Crippen molar-refractivity contribution in [3.63, 3.8) is 0 Å². The molecular weight excluding hydrogens is 462 g/mol. The third kappa shape index (κ3) is 3.10. The zero-order valence-corrected chi connectivity index (χ0v) is 21.0. The second-order valence-electron chi connectivity index (χ2n) is 10.2. The number of benzene rings is 4. The van der Waals surface area contributed by atoms with Gasteiger partial charge in [-0.2, -0.15) is 0 Å². The second kappa shape index (κ2) is 8.20. The third-order valence-corrected chi connectivity index (χ3v) is 8.02. The summed E-state index contributed by atoms with van der Waals surface area (Å²) in [5, 5.41) is 5.53. The predicted octanol–water partition coefficient (Wildman–Crippen LogP) is 8.45. The van der Waals surface area contributed by atoms with Gasteiger partial charge >= 0.3 is 0 Å². The normalized spacial score (nSPS) is 14.7. The summed E-state index contributed by atoms with van der Waals surface area (Å²) in [4.78, 5) is 28.5. The molecule has 0 saturated heterocycles. The molecule has 1 aliphatic heterocycles. The second-order valence-corrected chi connectivity index (χ2v) is 10.2. The van der Waals surface area contributed by atoms with Crippen LogP contribution in [0.4, 0.5) is 0 Å². The molecule has 37 heavy (non-hydrogen) atoms.